The SMILES string of the molecule is COc1cccc2c1C(=O)C1(CCc3ccccc31)C2=O. The van der Waals surface area contributed by atoms with Gasteiger partial charge >= 0.3 is 0 Å². The average Bonchev–Trinajstić information content (AvgIpc) is 3.02. The molecule has 104 valence electrons. The lowest BCUT2D eigenvalue weighted by Gasteiger charge is -2.20. The molecule has 1 spiro atoms. The van der Waals surface area contributed by atoms with Crippen molar-refractivity contribution in [2.24, 2.45) is 0 Å². The number of carbonyl (C=O) groups is 2. The van der Waals surface area contributed by atoms with Crippen molar-refractivity contribution in [3.63, 3.8) is 0 Å². The van der Waals surface area contributed by atoms with Crippen LogP contribution in [0.25, 0.3) is 0 Å². The van der Waals surface area contributed by atoms with E-state index in [1.807, 2.05) is 24.3 Å². The van der Waals surface area contributed by atoms with Gasteiger partial charge in [0.2, 0.25) is 0 Å². The second kappa shape index (κ2) is 4.04. The molecule has 0 amide bonds. The van der Waals surface area contributed by atoms with Crippen LogP contribution in [0.3, 0.4) is 0 Å². The Morgan fingerprint density at radius 3 is 2.62 bits per heavy atom. The molecule has 2 aliphatic carbocycles. The summed E-state index contributed by atoms with van der Waals surface area (Å²) in [5.41, 5.74) is 1.90. The van der Waals surface area contributed by atoms with Crippen LogP contribution in [-0.2, 0) is 11.8 Å². The van der Waals surface area contributed by atoms with Gasteiger partial charge in [0.15, 0.2) is 11.6 Å². The maximum atomic E-state index is 13.1. The lowest BCUT2D eigenvalue weighted by Crippen LogP contribution is -2.35. The molecule has 3 heteroatoms. The fourth-order valence-electron chi connectivity index (χ4n) is 3.75. The van der Waals surface area contributed by atoms with Gasteiger partial charge in [-0.25, -0.2) is 0 Å². The van der Waals surface area contributed by atoms with Crippen molar-refractivity contribution in [3.05, 3.63) is 64.7 Å². The highest BCUT2D eigenvalue weighted by Crippen LogP contribution is 2.50. The van der Waals surface area contributed by atoms with Crippen LogP contribution in [0, 0.1) is 0 Å². The fraction of sp³-hybridized carbons (Fsp3) is 0.222. The lowest BCUT2D eigenvalue weighted by molar-refractivity contribution is 0.0794. The zero-order chi connectivity index (χ0) is 14.6. The molecule has 0 radical (unpaired) electrons. The molecule has 21 heavy (non-hydrogen) atoms. The molecular formula is C18H14O3. The summed E-state index contributed by atoms with van der Waals surface area (Å²) in [6.45, 7) is 0. The van der Waals surface area contributed by atoms with Crippen molar-refractivity contribution >= 4 is 11.6 Å². The standard InChI is InChI=1S/C18H14O3/c1-21-14-8-4-6-12-15(14)17(20)18(16(12)19)10-9-11-5-2-3-7-13(11)18/h2-8H,9-10H2,1H3. The molecule has 1 atom stereocenters. The Morgan fingerprint density at radius 2 is 1.81 bits per heavy atom. The Balaban J connectivity index is 2.00. The van der Waals surface area contributed by atoms with Crippen LogP contribution in [-0.4, -0.2) is 18.7 Å². The van der Waals surface area contributed by atoms with Crippen molar-refractivity contribution in [1.82, 2.24) is 0 Å². The molecule has 0 heterocycles. The van der Waals surface area contributed by atoms with Gasteiger partial charge in [-0.2, -0.15) is 0 Å². The third kappa shape index (κ3) is 1.33. The summed E-state index contributed by atoms with van der Waals surface area (Å²) in [4.78, 5) is 26.1. The van der Waals surface area contributed by atoms with Crippen molar-refractivity contribution in [2.75, 3.05) is 7.11 Å². The Hall–Kier alpha value is -2.42. The van der Waals surface area contributed by atoms with Gasteiger partial charge in [0.25, 0.3) is 0 Å². The summed E-state index contributed by atoms with van der Waals surface area (Å²) in [7, 11) is 1.53. The number of hydrogen-bond donors (Lipinski definition) is 0. The van der Waals surface area contributed by atoms with Crippen LogP contribution in [0.1, 0.15) is 38.3 Å². The molecule has 0 saturated carbocycles. The minimum atomic E-state index is -1.02. The van der Waals surface area contributed by atoms with Crippen LogP contribution < -0.4 is 4.74 Å². The predicted molar refractivity (Wildman–Crippen MR) is 78.1 cm³/mol. The second-order valence-electron chi connectivity index (χ2n) is 5.60. The van der Waals surface area contributed by atoms with E-state index in [0.717, 1.165) is 17.5 Å². The number of fused-ring (bicyclic) bond motifs is 3. The molecule has 2 aliphatic rings. The van der Waals surface area contributed by atoms with E-state index in [1.54, 1.807) is 18.2 Å². The third-order valence-electron chi connectivity index (χ3n) is 4.74. The first-order valence-electron chi connectivity index (χ1n) is 7.05. The van der Waals surface area contributed by atoms with E-state index in [2.05, 4.69) is 0 Å². The number of ether oxygens (including phenoxy) is 1. The van der Waals surface area contributed by atoms with E-state index in [0.29, 0.717) is 23.3 Å². The maximum Gasteiger partial charge on any atom is 0.185 e. The molecule has 0 bridgehead atoms. The largest absolute Gasteiger partial charge is 0.496 e. The van der Waals surface area contributed by atoms with Gasteiger partial charge in [-0.1, -0.05) is 36.4 Å². The summed E-state index contributed by atoms with van der Waals surface area (Å²) in [6.07, 6.45) is 1.33. The van der Waals surface area contributed by atoms with E-state index >= 15 is 0 Å². The van der Waals surface area contributed by atoms with E-state index < -0.39 is 5.41 Å². The van der Waals surface area contributed by atoms with Crippen molar-refractivity contribution in [3.8, 4) is 5.75 Å². The number of aryl methyl sites for hydroxylation is 1. The second-order valence-corrected chi connectivity index (χ2v) is 5.60. The minimum absolute atomic E-state index is 0.0775. The van der Waals surface area contributed by atoms with Gasteiger partial charge in [-0.15, -0.1) is 0 Å². The molecule has 1 unspecified atom stereocenters. The average molecular weight is 278 g/mol. The summed E-state index contributed by atoms with van der Waals surface area (Å²) >= 11 is 0. The molecule has 0 aliphatic heterocycles. The summed E-state index contributed by atoms with van der Waals surface area (Å²) < 4.78 is 5.29. The van der Waals surface area contributed by atoms with E-state index in [1.165, 1.54) is 7.11 Å². The first-order valence-corrected chi connectivity index (χ1v) is 7.05. The Bertz CT molecular complexity index is 791. The molecular weight excluding hydrogens is 264 g/mol. The number of carbonyl (C=O) groups excluding carboxylic acids is 2. The summed E-state index contributed by atoms with van der Waals surface area (Å²) in [5, 5.41) is 0. The van der Waals surface area contributed by atoms with Gasteiger partial charge in [0.1, 0.15) is 11.2 Å². The van der Waals surface area contributed by atoms with E-state index in [4.69, 9.17) is 4.74 Å². The van der Waals surface area contributed by atoms with Crippen LogP contribution >= 0.6 is 0 Å². The molecule has 0 N–H and O–H groups in total. The predicted octanol–water partition coefficient (Wildman–Crippen LogP) is 2.96. The Labute approximate surface area is 122 Å². The quantitative estimate of drug-likeness (QED) is 0.753. The smallest absolute Gasteiger partial charge is 0.185 e. The van der Waals surface area contributed by atoms with Crippen molar-refractivity contribution in [2.45, 2.75) is 18.3 Å². The number of rotatable bonds is 1. The molecule has 2 aromatic carbocycles. The zero-order valence-corrected chi connectivity index (χ0v) is 11.7. The number of Topliss-reactive ketones (excluding diaryl/α,β-unsaturated/α-hetero) is 2. The lowest BCUT2D eigenvalue weighted by atomic mass is 9.77. The van der Waals surface area contributed by atoms with Crippen molar-refractivity contribution in [1.29, 1.82) is 0 Å². The van der Waals surface area contributed by atoms with E-state index in [-0.39, 0.29) is 11.6 Å². The zero-order valence-electron chi connectivity index (χ0n) is 11.7. The highest BCUT2D eigenvalue weighted by atomic mass is 16.5. The number of benzene rings is 2. The van der Waals surface area contributed by atoms with Gasteiger partial charge < -0.3 is 4.74 Å². The molecule has 0 saturated heterocycles. The number of ketones is 2. The minimum Gasteiger partial charge on any atom is -0.496 e. The normalized spacial score (nSPS) is 22.5. The van der Waals surface area contributed by atoms with Crippen LogP contribution in [0.2, 0.25) is 0 Å². The molecule has 0 fully saturated rings. The monoisotopic (exact) mass is 278 g/mol. The van der Waals surface area contributed by atoms with Gasteiger partial charge in [-0.3, -0.25) is 9.59 Å². The summed E-state index contributed by atoms with van der Waals surface area (Å²) in [5.74, 6) is 0.309. The number of methoxy groups -OCH3 is 1. The highest BCUT2D eigenvalue weighted by Gasteiger charge is 2.57. The number of hydrogen-bond acceptors (Lipinski definition) is 3. The van der Waals surface area contributed by atoms with Crippen LogP contribution in [0.5, 0.6) is 5.75 Å². The molecule has 3 nitrogen and oxygen atoms in total. The van der Waals surface area contributed by atoms with Crippen LogP contribution in [0.15, 0.2) is 42.5 Å². The fourth-order valence-corrected chi connectivity index (χ4v) is 3.75. The molecule has 0 aromatic heterocycles. The van der Waals surface area contributed by atoms with Gasteiger partial charge in [0, 0.05) is 5.56 Å². The molecule has 2 aromatic rings. The first-order chi connectivity index (χ1) is 10.2. The summed E-state index contributed by atoms with van der Waals surface area (Å²) in [6, 6.07) is 13.0. The Morgan fingerprint density at radius 1 is 1.00 bits per heavy atom. The van der Waals surface area contributed by atoms with Gasteiger partial charge in [0.05, 0.1) is 12.7 Å². The topological polar surface area (TPSA) is 43.4 Å². The van der Waals surface area contributed by atoms with Gasteiger partial charge in [-0.05, 0) is 30.0 Å². The third-order valence-corrected chi connectivity index (χ3v) is 4.74. The van der Waals surface area contributed by atoms with Crippen LogP contribution in [0.4, 0.5) is 0 Å². The molecule has 4 rings (SSSR count). The highest BCUT2D eigenvalue weighted by molar-refractivity contribution is 6.34. The van der Waals surface area contributed by atoms with Crippen molar-refractivity contribution < 1.29 is 14.3 Å². The van der Waals surface area contributed by atoms with E-state index in [9.17, 15) is 9.59 Å². The Kier molecular flexibility index (Phi) is 2.37. The maximum absolute atomic E-state index is 13.1. The first kappa shape index (κ1) is 12.3.